The molecular weight excluding hydrogens is 262 g/mol. The lowest BCUT2D eigenvalue weighted by molar-refractivity contribution is -0.143. The van der Waals surface area contributed by atoms with Gasteiger partial charge in [0, 0.05) is 13.1 Å². The van der Waals surface area contributed by atoms with E-state index in [9.17, 15) is 14.4 Å². The van der Waals surface area contributed by atoms with Gasteiger partial charge in [0.15, 0.2) is 0 Å². The van der Waals surface area contributed by atoms with Gasteiger partial charge in [-0.1, -0.05) is 12.1 Å². The van der Waals surface area contributed by atoms with Crippen LogP contribution in [0, 0.1) is 5.92 Å². The maximum atomic E-state index is 12.3. The number of benzene rings is 1. The SMILES string of the molecule is O=C(O)c1ccccc1C(=O)N1CCC(C(=O)O)CC1. The van der Waals surface area contributed by atoms with E-state index in [0.29, 0.717) is 25.9 Å². The Hall–Kier alpha value is -2.37. The normalized spacial score (nSPS) is 15.9. The van der Waals surface area contributed by atoms with Crippen molar-refractivity contribution in [1.29, 1.82) is 0 Å². The Balaban J connectivity index is 2.13. The van der Waals surface area contributed by atoms with E-state index in [4.69, 9.17) is 10.2 Å². The average Bonchev–Trinajstić information content (AvgIpc) is 2.46. The number of hydrogen-bond acceptors (Lipinski definition) is 3. The van der Waals surface area contributed by atoms with Crippen LogP contribution in [-0.4, -0.2) is 46.0 Å². The Morgan fingerprint density at radius 2 is 1.55 bits per heavy atom. The monoisotopic (exact) mass is 277 g/mol. The minimum absolute atomic E-state index is 0.0298. The molecule has 1 aliphatic rings. The third-order valence-corrected chi connectivity index (χ3v) is 3.52. The van der Waals surface area contributed by atoms with E-state index < -0.39 is 17.9 Å². The van der Waals surface area contributed by atoms with E-state index in [-0.39, 0.29) is 17.0 Å². The third-order valence-electron chi connectivity index (χ3n) is 3.52. The van der Waals surface area contributed by atoms with Gasteiger partial charge in [0.2, 0.25) is 0 Å². The molecule has 6 nitrogen and oxygen atoms in total. The molecule has 1 amide bonds. The number of amides is 1. The summed E-state index contributed by atoms with van der Waals surface area (Å²) in [4.78, 5) is 35.8. The molecule has 2 N–H and O–H groups in total. The highest BCUT2D eigenvalue weighted by Gasteiger charge is 2.28. The van der Waals surface area contributed by atoms with Crippen molar-refractivity contribution in [3.8, 4) is 0 Å². The summed E-state index contributed by atoms with van der Waals surface area (Å²) < 4.78 is 0. The lowest BCUT2D eigenvalue weighted by atomic mass is 9.96. The fourth-order valence-electron chi connectivity index (χ4n) is 2.36. The van der Waals surface area contributed by atoms with Crippen molar-refractivity contribution in [2.45, 2.75) is 12.8 Å². The third kappa shape index (κ3) is 2.79. The van der Waals surface area contributed by atoms with Crippen LogP contribution in [0.5, 0.6) is 0 Å². The smallest absolute Gasteiger partial charge is 0.336 e. The Labute approximate surface area is 115 Å². The minimum atomic E-state index is -1.14. The van der Waals surface area contributed by atoms with Crippen LogP contribution < -0.4 is 0 Å². The molecule has 0 unspecified atom stereocenters. The van der Waals surface area contributed by atoms with E-state index in [0.717, 1.165) is 0 Å². The van der Waals surface area contributed by atoms with Gasteiger partial charge in [-0.3, -0.25) is 9.59 Å². The zero-order valence-electron chi connectivity index (χ0n) is 10.8. The van der Waals surface area contributed by atoms with Crippen LogP contribution in [0.4, 0.5) is 0 Å². The molecule has 0 saturated carbocycles. The Morgan fingerprint density at radius 3 is 2.05 bits per heavy atom. The molecule has 1 saturated heterocycles. The van der Waals surface area contributed by atoms with Gasteiger partial charge in [0.1, 0.15) is 0 Å². The van der Waals surface area contributed by atoms with E-state index in [2.05, 4.69) is 0 Å². The summed E-state index contributed by atoms with van der Waals surface area (Å²) in [6, 6.07) is 6.05. The second kappa shape index (κ2) is 5.73. The molecule has 1 fully saturated rings. The molecule has 1 aromatic rings. The summed E-state index contributed by atoms with van der Waals surface area (Å²) in [5, 5.41) is 18.0. The summed E-state index contributed by atoms with van der Waals surface area (Å²) >= 11 is 0. The lowest BCUT2D eigenvalue weighted by Gasteiger charge is -2.30. The number of likely N-dealkylation sites (tertiary alicyclic amines) is 1. The number of carboxylic acids is 2. The summed E-state index contributed by atoms with van der Waals surface area (Å²) in [7, 11) is 0. The predicted octanol–water partition coefficient (Wildman–Crippen LogP) is 1.32. The molecular formula is C14H15NO5. The van der Waals surface area contributed by atoms with Crippen LogP contribution in [0.1, 0.15) is 33.6 Å². The van der Waals surface area contributed by atoms with Gasteiger partial charge >= 0.3 is 11.9 Å². The summed E-state index contributed by atoms with van der Waals surface area (Å²) in [5.41, 5.74) is 0.117. The Morgan fingerprint density at radius 1 is 1.00 bits per heavy atom. The molecule has 0 spiro atoms. The van der Waals surface area contributed by atoms with Gasteiger partial charge in [-0.05, 0) is 25.0 Å². The summed E-state index contributed by atoms with van der Waals surface area (Å²) in [6.45, 7) is 0.674. The van der Waals surface area contributed by atoms with Crippen LogP contribution in [0.15, 0.2) is 24.3 Å². The molecule has 0 atom stereocenters. The van der Waals surface area contributed by atoms with Crippen LogP contribution in [-0.2, 0) is 4.79 Å². The number of piperidine rings is 1. The first kappa shape index (κ1) is 14.0. The number of carboxylic acid groups (broad SMARTS) is 2. The van der Waals surface area contributed by atoms with Gasteiger partial charge in [0.25, 0.3) is 5.91 Å². The van der Waals surface area contributed by atoms with Gasteiger partial charge in [-0.2, -0.15) is 0 Å². The van der Waals surface area contributed by atoms with E-state index in [1.165, 1.54) is 17.0 Å². The lowest BCUT2D eigenvalue weighted by Crippen LogP contribution is -2.40. The van der Waals surface area contributed by atoms with Gasteiger partial charge in [0.05, 0.1) is 17.0 Å². The van der Waals surface area contributed by atoms with Gasteiger partial charge < -0.3 is 15.1 Å². The minimum Gasteiger partial charge on any atom is -0.481 e. The number of aliphatic carboxylic acids is 1. The van der Waals surface area contributed by atoms with Crippen molar-refractivity contribution < 1.29 is 24.6 Å². The highest BCUT2D eigenvalue weighted by Crippen LogP contribution is 2.20. The molecule has 106 valence electrons. The summed E-state index contributed by atoms with van der Waals surface area (Å²) in [5.74, 6) is -2.77. The van der Waals surface area contributed by atoms with Gasteiger partial charge in [-0.15, -0.1) is 0 Å². The number of nitrogens with zero attached hydrogens (tertiary/aromatic N) is 1. The molecule has 0 bridgehead atoms. The van der Waals surface area contributed by atoms with Crippen molar-refractivity contribution in [3.63, 3.8) is 0 Å². The molecule has 1 heterocycles. The first-order valence-corrected chi connectivity index (χ1v) is 6.35. The second-order valence-electron chi connectivity index (χ2n) is 4.76. The maximum Gasteiger partial charge on any atom is 0.336 e. The molecule has 0 radical (unpaired) electrons. The van der Waals surface area contributed by atoms with Crippen molar-refractivity contribution in [3.05, 3.63) is 35.4 Å². The van der Waals surface area contributed by atoms with E-state index in [1.54, 1.807) is 12.1 Å². The molecule has 1 aliphatic heterocycles. The van der Waals surface area contributed by atoms with Gasteiger partial charge in [-0.25, -0.2) is 4.79 Å². The summed E-state index contributed by atoms with van der Waals surface area (Å²) in [6.07, 6.45) is 0.798. The zero-order chi connectivity index (χ0) is 14.7. The molecule has 20 heavy (non-hydrogen) atoms. The van der Waals surface area contributed by atoms with Crippen LogP contribution >= 0.6 is 0 Å². The zero-order valence-corrected chi connectivity index (χ0v) is 10.8. The van der Waals surface area contributed by atoms with Crippen LogP contribution in [0.3, 0.4) is 0 Å². The van der Waals surface area contributed by atoms with Crippen molar-refractivity contribution in [1.82, 2.24) is 4.90 Å². The van der Waals surface area contributed by atoms with Crippen LogP contribution in [0.25, 0.3) is 0 Å². The molecule has 0 aromatic heterocycles. The molecule has 6 heteroatoms. The number of hydrogen-bond donors (Lipinski definition) is 2. The Kier molecular flexibility index (Phi) is 4.02. The highest BCUT2D eigenvalue weighted by molar-refractivity contribution is 6.04. The van der Waals surface area contributed by atoms with Crippen molar-refractivity contribution >= 4 is 17.8 Å². The number of carbonyl (C=O) groups is 3. The van der Waals surface area contributed by atoms with Crippen molar-refractivity contribution in [2.24, 2.45) is 5.92 Å². The number of aromatic carboxylic acids is 1. The first-order valence-electron chi connectivity index (χ1n) is 6.35. The largest absolute Gasteiger partial charge is 0.481 e. The maximum absolute atomic E-state index is 12.3. The number of rotatable bonds is 3. The van der Waals surface area contributed by atoms with Crippen molar-refractivity contribution in [2.75, 3.05) is 13.1 Å². The standard InChI is InChI=1S/C14H15NO5/c16-12(10-3-1-2-4-11(10)14(19)20)15-7-5-9(6-8-15)13(17)18/h1-4,9H,5-8H2,(H,17,18)(H,19,20). The highest BCUT2D eigenvalue weighted by atomic mass is 16.4. The molecule has 2 rings (SSSR count). The first-order chi connectivity index (χ1) is 9.50. The molecule has 0 aliphatic carbocycles. The average molecular weight is 277 g/mol. The molecule has 1 aromatic carbocycles. The van der Waals surface area contributed by atoms with Crippen LogP contribution in [0.2, 0.25) is 0 Å². The Bertz CT molecular complexity index is 546. The van der Waals surface area contributed by atoms with E-state index in [1.807, 2.05) is 0 Å². The van der Waals surface area contributed by atoms with E-state index >= 15 is 0 Å². The fraction of sp³-hybridized carbons (Fsp3) is 0.357. The number of carbonyl (C=O) groups excluding carboxylic acids is 1. The topological polar surface area (TPSA) is 94.9 Å². The predicted molar refractivity (Wildman–Crippen MR) is 69.7 cm³/mol. The second-order valence-corrected chi connectivity index (χ2v) is 4.76. The quantitative estimate of drug-likeness (QED) is 0.868. The fourth-order valence-corrected chi connectivity index (χ4v) is 2.36.